The molecule has 156 valence electrons. The lowest BCUT2D eigenvalue weighted by molar-refractivity contribution is -0.137. The Morgan fingerprint density at radius 1 is 1.17 bits per heavy atom. The number of carbonyl (C=O) groups is 3. The smallest absolute Gasteiger partial charge is 0.416 e. The van der Waals surface area contributed by atoms with Crippen LogP contribution in [0.2, 0.25) is 0 Å². The van der Waals surface area contributed by atoms with Gasteiger partial charge in [0.15, 0.2) is 0 Å². The SMILES string of the molecule is O=C(O)c1ccc(NC(=S)C2SC(=O)N(c3cccc(C(F)(F)F)c3)C2=O)cc1O. The van der Waals surface area contributed by atoms with Crippen LogP contribution >= 0.6 is 24.0 Å². The van der Waals surface area contributed by atoms with Crippen LogP contribution in [0.1, 0.15) is 15.9 Å². The first-order chi connectivity index (χ1) is 14.0. The molecular weight excluding hydrogens is 445 g/mol. The molecule has 0 radical (unpaired) electrons. The molecule has 0 aliphatic carbocycles. The fourth-order valence-electron chi connectivity index (χ4n) is 2.63. The zero-order valence-electron chi connectivity index (χ0n) is 14.6. The van der Waals surface area contributed by atoms with Gasteiger partial charge in [0, 0.05) is 11.8 Å². The number of carboxylic acids is 1. The van der Waals surface area contributed by atoms with Gasteiger partial charge in [0.1, 0.15) is 21.6 Å². The van der Waals surface area contributed by atoms with Gasteiger partial charge in [0.25, 0.3) is 11.1 Å². The van der Waals surface area contributed by atoms with Crippen molar-refractivity contribution in [3.05, 3.63) is 53.6 Å². The van der Waals surface area contributed by atoms with E-state index in [0.29, 0.717) is 22.7 Å². The highest BCUT2D eigenvalue weighted by molar-refractivity contribution is 8.17. The van der Waals surface area contributed by atoms with Gasteiger partial charge >= 0.3 is 12.1 Å². The number of nitrogens with zero attached hydrogens (tertiary/aromatic N) is 1. The summed E-state index contributed by atoms with van der Waals surface area (Å²) in [5, 5.41) is 19.3. The molecule has 0 bridgehead atoms. The number of carboxylic acid groups (broad SMARTS) is 1. The lowest BCUT2D eigenvalue weighted by Gasteiger charge is -2.16. The van der Waals surface area contributed by atoms with Crippen LogP contribution in [0.25, 0.3) is 0 Å². The number of halogens is 3. The molecule has 3 rings (SSSR count). The fraction of sp³-hybridized carbons (Fsp3) is 0.111. The normalized spacial score (nSPS) is 16.6. The van der Waals surface area contributed by atoms with Crippen LogP contribution in [-0.4, -0.2) is 37.6 Å². The summed E-state index contributed by atoms with van der Waals surface area (Å²) in [4.78, 5) is 36.4. The molecule has 2 aromatic carbocycles. The molecule has 0 saturated carbocycles. The molecular formula is C18H11F3N2O5S2. The Bertz CT molecular complexity index is 1070. The van der Waals surface area contributed by atoms with Gasteiger partial charge in [-0.05, 0) is 42.1 Å². The Balaban J connectivity index is 1.80. The second kappa shape index (κ2) is 7.95. The number of amides is 2. The van der Waals surface area contributed by atoms with Gasteiger partial charge in [0.05, 0.1) is 11.3 Å². The van der Waals surface area contributed by atoms with Crippen molar-refractivity contribution in [1.82, 2.24) is 0 Å². The number of nitrogens with one attached hydrogen (secondary N) is 1. The zero-order valence-corrected chi connectivity index (χ0v) is 16.3. The van der Waals surface area contributed by atoms with Gasteiger partial charge in [-0.25, -0.2) is 9.69 Å². The number of hydrogen-bond donors (Lipinski definition) is 3. The van der Waals surface area contributed by atoms with Crippen molar-refractivity contribution >= 4 is 57.5 Å². The number of phenols is 1. The van der Waals surface area contributed by atoms with Crippen molar-refractivity contribution in [1.29, 1.82) is 0 Å². The monoisotopic (exact) mass is 456 g/mol. The van der Waals surface area contributed by atoms with Gasteiger partial charge in [-0.3, -0.25) is 9.59 Å². The van der Waals surface area contributed by atoms with Crippen molar-refractivity contribution in [2.75, 3.05) is 10.2 Å². The van der Waals surface area contributed by atoms with E-state index in [4.69, 9.17) is 17.3 Å². The summed E-state index contributed by atoms with van der Waals surface area (Å²) < 4.78 is 38.8. The molecule has 1 saturated heterocycles. The number of aromatic hydroxyl groups is 1. The second-order valence-electron chi connectivity index (χ2n) is 6.01. The summed E-state index contributed by atoms with van der Waals surface area (Å²) in [5.41, 5.74) is -1.42. The van der Waals surface area contributed by atoms with Gasteiger partial charge in [-0.15, -0.1) is 0 Å². The van der Waals surface area contributed by atoms with Crippen LogP contribution in [0.15, 0.2) is 42.5 Å². The molecule has 1 unspecified atom stereocenters. The maximum Gasteiger partial charge on any atom is 0.416 e. The van der Waals surface area contributed by atoms with Crippen LogP contribution < -0.4 is 10.2 Å². The minimum Gasteiger partial charge on any atom is -0.507 e. The first kappa shape index (κ1) is 21.6. The molecule has 1 atom stereocenters. The number of rotatable bonds is 4. The van der Waals surface area contributed by atoms with E-state index in [1.54, 1.807) is 0 Å². The first-order valence-electron chi connectivity index (χ1n) is 8.08. The third-order valence-corrected chi connectivity index (χ3v) is 5.56. The van der Waals surface area contributed by atoms with Crippen LogP contribution in [0.5, 0.6) is 5.75 Å². The lowest BCUT2D eigenvalue weighted by Crippen LogP contribution is -2.36. The average molecular weight is 456 g/mol. The second-order valence-corrected chi connectivity index (χ2v) is 7.51. The maximum absolute atomic E-state index is 12.9. The van der Waals surface area contributed by atoms with E-state index >= 15 is 0 Å². The molecule has 3 N–H and O–H groups in total. The molecule has 0 aromatic heterocycles. The molecule has 7 nitrogen and oxygen atoms in total. The van der Waals surface area contributed by atoms with Gasteiger partial charge in [0.2, 0.25) is 0 Å². The van der Waals surface area contributed by atoms with E-state index < -0.39 is 39.9 Å². The molecule has 0 spiro atoms. The first-order valence-corrected chi connectivity index (χ1v) is 9.37. The molecule has 1 aliphatic rings. The summed E-state index contributed by atoms with van der Waals surface area (Å²) in [5.74, 6) is -2.71. The van der Waals surface area contributed by atoms with Crippen LogP contribution in [-0.2, 0) is 11.0 Å². The molecule has 1 fully saturated rings. The summed E-state index contributed by atoms with van der Waals surface area (Å²) in [7, 11) is 0. The highest BCUT2D eigenvalue weighted by atomic mass is 32.2. The van der Waals surface area contributed by atoms with Gasteiger partial charge in [-0.2, -0.15) is 13.2 Å². The van der Waals surface area contributed by atoms with Crippen molar-refractivity contribution < 1.29 is 37.8 Å². The number of anilines is 2. The van der Waals surface area contributed by atoms with Crippen molar-refractivity contribution in [3.8, 4) is 5.75 Å². The van der Waals surface area contributed by atoms with E-state index in [-0.39, 0.29) is 21.9 Å². The highest BCUT2D eigenvalue weighted by Crippen LogP contribution is 2.36. The Kier molecular flexibility index (Phi) is 5.72. The van der Waals surface area contributed by atoms with E-state index in [1.165, 1.54) is 12.1 Å². The van der Waals surface area contributed by atoms with Crippen LogP contribution in [0.4, 0.5) is 29.3 Å². The zero-order chi connectivity index (χ0) is 22.2. The van der Waals surface area contributed by atoms with Crippen LogP contribution in [0.3, 0.4) is 0 Å². The largest absolute Gasteiger partial charge is 0.507 e. The summed E-state index contributed by atoms with van der Waals surface area (Å²) in [6.45, 7) is 0. The standard InChI is InChI=1S/C18H11F3N2O5S2/c19-18(20,21)8-2-1-3-10(6-8)23-15(25)13(30-17(23)28)14(29)22-9-4-5-11(16(26)27)12(24)7-9/h1-7,13,24H,(H,22,29)(H,26,27). The number of carbonyl (C=O) groups excluding carboxylic acids is 2. The fourth-order valence-corrected chi connectivity index (χ4v) is 3.87. The lowest BCUT2D eigenvalue weighted by atomic mass is 10.1. The molecule has 30 heavy (non-hydrogen) atoms. The molecule has 2 aromatic rings. The van der Waals surface area contributed by atoms with Gasteiger partial charge < -0.3 is 15.5 Å². The Morgan fingerprint density at radius 2 is 1.87 bits per heavy atom. The molecule has 1 heterocycles. The van der Waals surface area contributed by atoms with Crippen molar-refractivity contribution in [2.24, 2.45) is 0 Å². The number of alkyl halides is 3. The Morgan fingerprint density at radius 3 is 2.47 bits per heavy atom. The number of thiocarbonyl (C=S) groups is 1. The number of aromatic carboxylic acids is 1. The van der Waals surface area contributed by atoms with Gasteiger partial charge in [-0.1, -0.05) is 18.3 Å². The average Bonchev–Trinajstić information content (AvgIpc) is 2.95. The third kappa shape index (κ3) is 4.24. The number of hydrogen-bond acceptors (Lipinski definition) is 6. The van der Waals surface area contributed by atoms with Crippen LogP contribution in [0, 0.1) is 0 Å². The van der Waals surface area contributed by atoms with Crippen molar-refractivity contribution in [3.63, 3.8) is 0 Å². The summed E-state index contributed by atoms with van der Waals surface area (Å²) >= 11 is 5.66. The van der Waals surface area contributed by atoms with E-state index in [1.807, 2.05) is 0 Å². The molecule has 2 amide bonds. The van der Waals surface area contributed by atoms with E-state index in [9.17, 15) is 32.7 Å². The minimum atomic E-state index is -4.64. The third-order valence-electron chi connectivity index (χ3n) is 4.01. The van der Waals surface area contributed by atoms with E-state index in [0.717, 1.165) is 24.3 Å². The maximum atomic E-state index is 12.9. The Hall–Kier alpha value is -3.12. The number of thioether (sulfide) groups is 1. The predicted molar refractivity (Wildman–Crippen MR) is 107 cm³/mol. The quantitative estimate of drug-likeness (QED) is 0.590. The number of imide groups is 1. The predicted octanol–water partition coefficient (Wildman–Crippen LogP) is 4.12. The summed E-state index contributed by atoms with van der Waals surface area (Å²) in [6, 6.07) is 7.29. The van der Waals surface area contributed by atoms with Crippen molar-refractivity contribution in [2.45, 2.75) is 11.4 Å². The number of benzene rings is 2. The molecule has 12 heteroatoms. The van der Waals surface area contributed by atoms with E-state index in [2.05, 4.69) is 5.32 Å². The topological polar surface area (TPSA) is 107 Å². The summed E-state index contributed by atoms with van der Waals surface area (Å²) in [6.07, 6.45) is -4.64. The minimum absolute atomic E-state index is 0.129. The molecule has 1 aliphatic heterocycles. The highest BCUT2D eigenvalue weighted by Gasteiger charge is 2.43. The Labute approximate surface area is 176 Å².